The van der Waals surface area contributed by atoms with Crippen molar-refractivity contribution >= 4 is 43.1 Å². The van der Waals surface area contributed by atoms with Gasteiger partial charge in [-0.3, -0.25) is 0 Å². The second kappa shape index (κ2) is 8.55. The minimum Gasteiger partial charge on any atom is -0.340 e. The Bertz CT molecular complexity index is 1270. The number of benzene rings is 2. The summed E-state index contributed by atoms with van der Waals surface area (Å²) in [5.74, 6) is 0.712. The zero-order valence-corrected chi connectivity index (χ0v) is 18.6. The molecule has 0 aliphatic heterocycles. The summed E-state index contributed by atoms with van der Waals surface area (Å²) in [5.41, 5.74) is 3.21. The first-order valence-corrected chi connectivity index (χ1v) is 11.7. The highest BCUT2D eigenvalue weighted by atomic mass is 79.9. The monoisotopic (exact) mass is 485 g/mol. The summed E-state index contributed by atoms with van der Waals surface area (Å²) in [6.45, 7) is 2.33. The normalized spacial score (nSPS) is 11.7. The van der Waals surface area contributed by atoms with Gasteiger partial charge in [0.25, 0.3) is 0 Å². The lowest BCUT2D eigenvalue weighted by molar-refractivity contribution is 0.581. The van der Waals surface area contributed by atoms with Crippen LogP contribution in [0.2, 0.25) is 0 Å². The van der Waals surface area contributed by atoms with Crippen molar-refractivity contribution in [2.75, 3.05) is 11.9 Å². The molecule has 4 aromatic rings. The van der Waals surface area contributed by atoms with Crippen LogP contribution in [-0.2, 0) is 10.0 Å². The van der Waals surface area contributed by atoms with Crippen molar-refractivity contribution in [3.63, 3.8) is 0 Å². The molecule has 2 heterocycles. The maximum Gasteiger partial charge on any atom is 0.240 e. The van der Waals surface area contributed by atoms with Gasteiger partial charge in [0, 0.05) is 23.9 Å². The summed E-state index contributed by atoms with van der Waals surface area (Å²) >= 11 is 3.50. The predicted molar refractivity (Wildman–Crippen MR) is 121 cm³/mol. The molecule has 154 valence electrons. The van der Waals surface area contributed by atoms with Crippen LogP contribution in [0.5, 0.6) is 0 Å². The Hall–Kier alpha value is -2.75. The van der Waals surface area contributed by atoms with Gasteiger partial charge in [-0.2, -0.15) is 9.61 Å². The number of sulfonamides is 1. The van der Waals surface area contributed by atoms with E-state index in [-0.39, 0.29) is 4.90 Å². The molecular formula is C21H20BrN5O2S. The molecule has 0 unspecified atom stereocenters. The first-order chi connectivity index (χ1) is 14.5. The van der Waals surface area contributed by atoms with E-state index in [1.807, 2.05) is 43.3 Å². The quantitative estimate of drug-likeness (QED) is 0.399. The molecule has 0 fully saturated rings. The molecule has 0 radical (unpaired) electrons. The third-order valence-corrected chi connectivity index (χ3v) is 6.51. The van der Waals surface area contributed by atoms with E-state index >= 15 is 0 Å². The lowest BCUT2D eigenvalue weighted by Crippen LogP contribution is -2.24. The number of halogens is 1. The van der Waals surface area contributed by atoms with Crippen LogP contribution in [0.25, 0.3) is 16.9 Å². The highest BCUT2D eigenvalue weighted by Crippen LogP contribution is 2.27. The van der Waals surface area contributed by atoms with E-state index in [2.05, 4.69) is 31.1 Å². The third-order valence-electron chi connectivity index (χ3n) is 4.48. The van der Waals surface area contributed by atoms with Gasteiger partial charge in [0.1, 0.15) is 5.82 Å². The Morgan fingerprint density at radius 1 is 1.07 bits per heavy atom. The molecule has 2 aromatic heterocycles. The standard InChI is InChI=1S/C21H20BrN5O2S/c1-2-12-24-30(28,29)17-10-8-16(9-11-17)25-20-13-19(15-6-4-3-5-7-15)26-21-18(22)14-23-27(20)21/h3-11,13-14,24-25H,2,12H2,1H3. The van der Waals surface area contributed by atoms with Crippen molar-refractivity contribution in [1.29, 1.82) is 0 Å². The molecular weight excluding hydrogens is 466 g/mol. The van der Waals surface area contributed by atoms with Gasteiger partial charge in [0.05, 0.1) is 21.3 Å². The SMILES string of the molecule is CCCNS(=O)(=O)c1ccc(Nc2cc(-c3ccccc3)nc3c(Br)cnn23)cc1. The lowest BCUT2D eigenvalue weighted by atomic mass is 10.1. The predicted octanol–water partition coefficient (Wildman–Crippen LogP) is 4.59. The minimum absolute atomic E-state index is 0.230. The van der Waals surface area contributed by atoms with E-state index in [9.17, 15) is 8.42 Å². The minimum atomic E-state index is -3.50. The van der Waals surface area contributed by atoms with Gasteiger partial charge in [-0.05, 0) is 46.6 Å². The van der Waals surface area contributed by atoms with Crippen LogP contribution < -0.4 is 10.0 Å². The highest BCUT2D eigenvalue weighted by molar-refractivity contribution is 9.10. The summed E-state index contributed by atoms with van der Waals surface area (Å²) < 4.78 is 29.6. The summed E-state index contributed by atoms with van der Waals surface area (Å²) in [7, 11) is -3.50. The lowest BCUT2D eigenvalue weighted by Gasteiger charge is -2.12. The third kappa shape index (κ3) is 4.23. The number of anilines is 2. The number of nitrogens with one attached hydrogen (secondary N) is 2. The molecule has 0 spiro atoms. The molecule has 0 saturated heterocycles. The number of hydrogen-bond donors (Lipinski definition) is 2. The van der Waals surface area contributed by atoms with Crippen molar-refractivity contribution in [3.05, 3.63) is 71.3 Å². The van der Waals surface area contributed by atoms with Crippen molar-refractivity contribution in [1.82, 2.24) is 19.3 Å². The Morgan fingerprint density at radius 3 is 2.50 bits per heavy atom. The van der Waals surface area contributed by atoms with Crippen molar-refractivity contribution in [2.45, 2.75) is 18.2 Å². The fourth-order valence-corrected chi connectivity index (χ4v) is 4.45. The van der Waals surface area contributed by atoms with Crippen LogP contribution in [0, 0.1) is 0 Å². The number of fused-ring (bicyclic) bond motifs is 1. The second-order valence-corrected chi connectivity index (χ2v) is 9.29. The molecule has 2 N–H and O–H groups in total. The van der Waals surface area contributed by atoms with Crippen molar-refractivity contribution in [2.24, 2.45) is 0 Å². The summed E-state index contributed by atoms with van der Waals surface area (Å²) in [6, 6.07) is 18.4. The van der Waals surface area contributed by atoms with E-state index in [1.54, 1.807) is 35.0 Å². The summed E-state index contributed by atoms with van der Waals surface area (Å²) in [5, 5.41) is 7.70. The van der Waals surface area contributed by atoms with Gasteiger partial charge >= 0.3 is 0 Å². The van der Waals surface area contributed by atoms with Gasteiger partial charge in [0.15, 0.2) is 5.65 Å². The van der Waals surface area contributed by atoms with Gasteiger partial charge in [0.2, 0.25) is 10.0 Å². The van der Waals surface area contributed by atoms with E-state index in [0.29, 0.717) is 18.0 Å². The zero-order chi connectivity index (χ0) is 21.1. The summed E-state index contributed by atoms with van der Waals surface area (Å²) in [6.07, 6.45) is 2.43. The topological polar surface area (TPSA) is 88.4 Å². The first-order valence-electron chi connectivity index (χ1n) is 9.44. The largest absolute Gasteiger partial charge is 0.340 e. The van der Waals surface area contributed by atoms with Crippen molar-refractivity contribution in [3.8, 4) is 11.3 Å². The molecule has 2 aromatic carbocycles. The van der Waals surface area contributed by atoms with E-state index in [0.717, 1.165) is 27.8 Å². The zero-order valence-electron chi connectivity index (χ0n) is 16.2. The Labute approximate surface area is 183 Å². The number of aromatic nitrogens is 3. The van der Waals surface area contributed by atoms with Gasteiger partial charge in [-0.15, -0.1) is 0 Å². The van der Waals surface area contributed by atoms with Crippen LogP contribution in [-0.4, -0.2) is 29.6 Å². The van der Waals surface area contributed by atoms with Crippen LogP contribution in [0.15, 0.2) is 76.2 Å². The van der Waals surface area contributed by atoms with Crippen LogP contribution in [0.4, 0.5) is 11.5 Å². The smallest absolute Gasteiger partial charge is 0.240 e. The Kier molecular flexibility index (Phi) is 5.85. The fourth-order valence-electron chi connectivity index (χ4n) is 2.97. The number of hydrogen-bond acceptors (Lipinski definition) is 5. The molecule has 0 amide bonds. The molecule has 9 heteroatoms. The Morgan fingerprint density at radius 2 is 1.80 bits per heavy atom. The van der Waals surface area contributed by atoms with Gasteiger partial charge in [-0.1, -0.05) is 37.3 Å². The molecule has 0 aliphatic rings. The van der Waals surface area contributed by atoms with Gasteiger partial charge in [-0.25, -0.2) is 18.1 Å². The Balaban J connectivity index is 1.68. The van der Waals surface area contributed by atoms with Crippen LogP contribution in [0.1, 0.15) is 13.3 Å². The molecule has 7 nitrogen and oxygen atoms in total. The molecule has 4 rings (SSSR count). The summed E-state index contributed by atoms with van der Waals surface area (Å²) in [4.78, 5) is 4.94. The average molecular weight is 486 g/mol. The molecule has 0 atom stereocenters. The highest BCUT2D eigenvalue weighted by Gasteiger charge is 2.14. The van der Waals surface area contributed by atoms with Crippen LogP contribution in [0.3, 0.4) is 0 Å². The van der Waals surface area contributed by atoms with Crippen LogP contribution >= 0.6 is 15.9 Å². The molecule has 0 saturated carbocycles. The average Bonchev–Trinajstić information content (AvgIpc) is 3.14. The van der Waals surface area contributed by atoms with Gasteiger partial charge < -0.3 is 5.32 Å². The molecule has 0 aliphatic carbocycles. The second-order valence-electron chi connectivity index (χ2n) is 6.67. The molecule has 0 bridgehead atoms. The maximum atomic E-state index is 12.3. The number of rotatable bonds is 7. The number of nitrogens with zero attached hydrogens (tertiary/aromatic N) is 3. The first kappa shape index (κ1) is 20.5. The maximum absolute atomic E-state index is 12.3. The molecule has 30 heavy (non-hydrogen) atoms. The fraction of sp³-hybridized carbons (Fsp3) is 0.143. The van der Waals surface area contributed by atoms with Crippen molar-refractivity contribution < 1.29 is 8.42 Å². The van der Waals surface area contributed by atoms with E-state index < -0.39 is 10.0 Å². The van der Waals surface area contributed by atoms with E-state index in [4.69, 9.17) is 4.98 Å². The van der Waals surface area contributed by atoms with E-state index in [1.165, 1.54) is 0 Å².